The van der Waals surface area contributed by atoms with Gasteiger partial charge in [-0.25, -0.2) is 0 Å². The smallest absolute Gasteiger partial charge is 0.0686 e. The third-order valence-corrected chi connectivity index (χ3v) is 3.29. The fraction of sp³-hybridized carbons (Fsp3) is 0.600. The van der Waals surface area contributed by atoms with Crippen molar-refractivity contribution in [1.29, 1.82) is 0 Å². The summed E-state index contributed by atoms with van der Waals surface area (Å²) in [6, 6.07) is 6.26. The summed E-state index contributed by atoms with van der Waals surface area (Å²) >= 11 is 3.52. The predicted molar refractivity (Wildman–Crippen MR) is 85.7 cm³/mol. The highest BCUT2D eigenvalue weighted by atomic mass is 79.9. The van der Waals surface area contributed by atoms with Crippen LogP contribution in [-0.4, -0.2) is 30.3 Å². The van der Waals surface area contributed by atoms with E-state index in [2.05, 4.69) is 59.1 Å². The molecule has 0 saturated heterocycles. The van der Waals surface area contributed by atoms with Crippen LogP contribution < -0.4 is 10.2 Å². The molecule has 4 heteroatoms. The number of anilines is 1. The average Bonchev–Trinajstić information content (AvgIpc) is 2.24. The number of nitrogens with zero attached hydrogens (tertiary/aromatic N) is 1. The lowest BCUT2D eigenvalue weighted by atomic mass is 10.1. The van der Waals surface area contributed by atoms with Gasteiger partial charge in [0.1, 0.15) is 0 Å². The first-order chi connectivity index (χ1) is 8.69. The van der Waals surface area contributed by atoms with Crippen molar-refractivity contribution in [3.05, 3.63) is 28.2 Å². The number of nitrogens with one attached hydrogen (secondary N) is 1. The van der Waals surface area contributed by atoms with Crippen LogP contribution in [-0.2, 0) is 6.54 Å². The van der Waals surface area contributed by atoms with E-state index in [0.29, 0.717) is 6.54 Å². The monoisotopic (exact) mass is 328 g/mol. The minimum absolute atomic E-state index is 0.0857. The average molecular weight is 329 g/mol. The molecule has 1 rings (SSSR count). The van der Waals surface area contributed by atoms with Gasteiger partial charge in [-0.05, 0) is 51.5 Å². The van der Waals surface area contributed by atoms with Crippen LogP contribution in [0, 0.1) is 0 Å². The summed E-state index contributed by atoms with van der Waals surface area (Å²) in [6.45, 7) is 9.72. The Hall–Kier alpha value is -0.580. The van der Waals surface area contributed by atoms with Gasteiger partial charge in [0, 0.05) is 35.8 Å². The van der Waals surface area contributed by atoms with Gasteiger partial charge < -0.3 is 15.3 Å². The van der Waals surface area contributed by atoms with E-state index in [1.54, 1.807) is 0 Å². The second kappa shape index (κ2) is 6.73. The molecule has 0 aliphatic carbocycles. The van der Waals surface area contributed by atoms with Crippen LogP contribution in [0.1, 0.15) is 33.3 Å². The molecule has 0 amide bonds. The number of likely N-dealkylation sites (N-methyl/N-ethyl adjacent to an activating group) is 1. The van der Waals surface area contributed by atoms with Gasteiger partial charge in [-0.15, -0.1) is 0 Å². The quantitative estimate of drug-likeness (QED) is 0.871. The third-order valence-electron chi connectivity index (χ3n) is 2.80. The Bertz CT molecular complexity index is 413. The van der Waals surface area contributed by atoms with Crippen molar-refractivity contribution < 1.29 is 5.11 Å². The molecule has 3 nitrogen and oxygen atoms in total. The third kappa shape index (κ3) is 5.93. The molecule has 0 radical (unpaired) electrons. The largest absolute Gasteiger partial charge is 0.392 e. The first-order valence-corrected chi connectivity index (χ1v) is 7.41. The van der Waals surface area contributed by atoms with Crippen molar-refractivity contribution in [3.63, 3.8) is 0 Å². The maximum Gasteiger partial charge on any atom is 0.0686 e. The van der Waals surface area contributed by atoms with Gasteiger partial charge in [0.25, 0.3) is 0 Å². The molecule has 0 aliphatic rings. The normalized spacial score (nSPS) is 13.4. The molecule has 0 heterocycles. The van der Waals surface area contributed by atoms with E-state index in [1.807, 2.05) is 20.0 Å². The molecule has 19 heavy (non-hydrogen) atoms. The number of benzene rings is 1. The van der Waals surface area contributed by atoms with Crippen LogP contribution in [0.3, 0.4) is 0 Å². The molecule has 1 atom stereocenters. The molecular weight excluding hydrogens is 304 g/mol. The second-order valence-electron chi connectivity index (χ2n) is 6.11. The van der Waals surface area contributed by atoms with E-state index in [0.717, 1.165) is 16.7 Å². The van der Waals surface area contributed by atoms with Crippen LogP contribution in [0.15, 0.2) is 22.7 Å². The zero-order valence-corrected chi connectivity index (χ0v) is 14.1. The highest BCUT2D eigenvalue weighted by molar-refractivity contribution is 9.10. The minimum Gasteiger partial charge on any atom is -0.392 e. The number of hydrogen-bond acceptors (Lipinski definition) is 3. The van der Waals surface area contributed by atoms with E-state index < -0.39 is 0 Å². The summed E-state index contributed by atoms with van der Waals surface area (Å²) in [5, 5.41) is 13.0. The Labute approximate surface area is 125 Å². The van der Waals surface area contributed by atoms with Crippen LogP contribution >= 0.6 is 15.9 Å². The van der Waals surface area contributed by atoms with E-state index >= 15 is 0 Å². The predicted octanol–water partition coefficient (Wildman–Crippen LogP) is 3.15. The highest BCUT2D eigenvalue weighted by Crippen LogP contribution is 2.24. The number of halogens is 1. The van der Waals surface area contributed by atoms with Gasteiger partial charge in [-0.3, -0.25) is 0 Å². The number of aliphatic hydroxyl groups is 1. The molecule has 1 aromatic carbocycles. The standard InChI is InChI=1S/C15H25BrN2O/c1-11(19)10-18(5)14-7-6-13(16)8-12(14)9-17-15(2,3)4/h6-8,11,17,19H,9-10H2,1-5H3. The van der Waals surface area contributed by atoms with Gasteiger partial charge in [0.2, 0.25) is 0 Å². The summed E-state index contributed by atoms with van der Waals surface area (Å²) in [7, 11) is 2.01. The second-order valence-corrected chi connectivity index (χ2v) is 7.02. The molecule has 0 aromatic heterocycles. The fourth-order valence-corrected chi connectivity index (χ4v) is 2.33. The topological polar surface area (TPSA) is 35.5 Å². The van der Waals surface area contributed by atoms with Gasteiger partial charge in [-0.1, -0.05) is 15.9 Å². The van der Waals surface area contributed by atoms with E-state index in [4.69, 9.17) is 0 Å². The van der Waals surface area contributed by atoms with Crippen molar-refractivity contribution in [2.24, 2.45) is 0 Å². The van der Waals surface area contributed by atoms with Crippen LogP contribution in [0.25, 0.3) is 0 Å². The van der Waals surface area contributed by atoms with Crippen molar-refractivity contribution in [2.75, 3.05) is 18.5 Å². The van der Waals surface area contributed by atoms with Gasteiger partial charge in [-0.2, -0.15) is 0 Å². The Morgan fingerprint density at radius 3 is 2.53 bits per heavy atom. The summed E-state index contributed by atoms with van der Waals surface area (Å²) < 4.78 is 1.08. The lowest BCUT2D eigenvalue weighted by molar-refractivity contribution is 0.201. The summed E-state index contributed by atoms with van der Waals surface area (Å²) in [6.07, 6.45) is -0.336. The van der Waals surface area contributed by atoms with E-state index in [1.165, 1.54) is 5.56 Å². The van der Waals surface area contributed by atoms with Gasteiger partial charge >= 0.3 is 0 Å². The first-order valence-electron chi connectivity index (χ1n) is 6.61. The van der Waals surface area contributed by atoms with Gasteiger partial charge in [0.15, 0.2) is 0 Å². The molecule has 0 spiro atoms. The van der Waals surface area contributed by atoms with E-state index in [9.17, 15) is 5.11 Å². The zero-order valence-electron chi connectivity index (χ0n) is 12.5. The maximum atomic E-state index is 9.52. The van der Waals surface area contributed by atoms with Crippen molar-refractivity contribution in [3.8, 4) is 0 Å². The molecule has 0 bridgehead atoms. The molecule has 108 valence electrons. The number of rotatable bonds is 5. The van der Waals surface area contributed by atoms with Crippen LogP contribution in [0.5, 0.6) is 0 Å². The lowest BCUT2D eigenvalue weighted by Gasteiger charge is -2.26. The van der Waals surface area contributed by atoms with Crippen LogP contribution in [0.4, 0.5) is 5.69 Å². The molecular formula is C15H25BrN2O. The first kappa shape index (κ1) is 16.5. The summed E-state index contributed by atoms with van der Waals surface area (Å²) in [4.78, 5) is 2.09. The lowest BCUT2D eigenvalue weighted by Crippen LogP contribution is -2.36. The molecule has 0 saturated carbocycles. The number of hydrogen-bond donors (Lipinski definition) is 2. The molecule has 0 fully saturated rings. The maximum absolute atomic E-state index is 9.52. The Morgan fingerprint density at radius 1 is 1.37 bits per heavy atom. The van der Waals surface area contributed by atoms with E-state index in [-0.39, 0.29) is 11.6 Å². The summed E-state index contributed by atoms with van der Waals surface area (Å²) in [5.74, 6) is 0. The van der Waals surface area contributed by atoms with Gasteiger partial charge in [0.05, 0.1) is 6.10 Å². The molecule has 1 aromatic rings. The zero-order chi connectivity index (χ0) is 14.6. The number of aliphatic hydroxyl groups excluding tert-OH is 1. The summed E-state index contributed by atoms with van der Waals surface area (Å²) in [5.41, 5.74) is 2.47. The molecule has 0 aliphatic heterocycles. The van der Waals surface area contributed by atoms with Crippen molar-refractivity contribution in [2.45, 2.75) is 45.9 Å². The minimum atomic E-state index is -0.336. The van der Waals surface area contributed by atoms with Crippen LogP contribution in [0.2, 0.25) is 0 Å². The Morgan fingerprint density at radius 2 is 2.00 bits per heavy atom. The van der Waals surface area contributed by atoms with Crippen molar-refractivity contribution in [1.82, 2.24) is 5.32 Å². The molecule has 2 N–H and O–H groups in total. The Kier molecular flexibility index (Phi) is 5.83. The SMILES string of the molecule is CC(O)CN(C)c1ccc(Br)cc1CNC(C)(C)C. The fourth-order valence-electron chi connectivity index (χ4n) is 1.92. The highest BCUT2D eigenvalue weighted by Gasteiger charge is 2.13. The van der Waals surface area contributed by atoms with Crippen molar-refractivity contribution >= 4 is 21.6 Å². The Balaban J connectivity index is 2.91. The molecule has 1 unspecified atom stereocenters.